The molecule has 2 aromatic carbocycles. The van der Waals surface area contributed by atoms with Crippen LogP contribution in [-0.4, -0.2) is 25.2 Å². The van der Waals surface area contributed by atoms with E-state index >= 15 is 0 Å². The van der Waals surface area contributed by atoms with Crippen LogP contribution in [0.1, 0.15) is 23.2 Å². The first-order valence-corrected chi connectivity index (χ1v) is 8.43. The molecule has 2 aromatic rings. The summed E-state index contributed by atoms with van der Waals surface area (Å²) in [4.78, 5) is 12.5. The van der Waals surface area contributed by atoms with Crippen molar-refractivity contribution in [1.82, 2.24) is 5.32 Å². The number of hydrogen-bond donors (Lipinski definition) is 1. The quantitative estimate of drug-likeness (QED) is 0.872. The first-order valence-electron chi connectivity index (χ1n) is 7.63. The van der Waals surface area contributed by atoms with Crippen LogP contribution >= 0.6 is 15.9 Å². The van der Waals surface area contributed by atoms with Gasteiger partial charge < -0.3 is 14.8 Å². The van der Waals surface area contributed by atoms with Gasteiger partial charge in [0.2, 0.25) is 0 Å². The number of benzene rings is 2. The number of nitrogens with one attached hydrogen (secondary N) is 1. The van der Waals surface area contributed by atoms with Gasteiger partial charge in [0, 0.05) is 11.1 Å². The van der Waals surface area contributed by atoms with Gasteiger partial charge in [-0.15, -0.1) is 0 Å². The molecule has 0 aliphatic carbocycles. The maximum Gasteiger partial charge on any atom is 0.255 e. The van der Waals surface area contributed by atoms with Crippen molar-refractivity contribution < 1.29 is 14.3 Å². The van der Waals surface area contributed by atoms with E-state index in [-0.39, 0.29) is 11.9 Å². The normalized spacial score (nSPS) is 17.5. The van der Waals surface area contributed by atoms with Crippen LogP contribution in [0.4, 0.5) is 0 Å². The van der Waals surface area contributed by atoms with Crippen LogP contribution in [0.2, 0.25) is 0 Å². The summed E-state index contributed by atoms with van der Waals surface area (Å²) in [5, 5.41) is 3.02. The standard InChI is InChI=1S/C18H18BrNO3/c19-13-5-3-7-15(11-13)23-17-9-2-1-8-16(17)18(21)20-14-6-4-10-22-12-14/h1-3,5,7-9,11,14H,4,6,10,12H2,(H,20,21). The third-order valence-electron chi connectivity index (χ3n) is 3.65. The van der Waals surface area contributed by atoms with Crippen LogP contribution in [0.3, 0.4) is 0 Å². The van der Waals surface area contributed by atoms with Crippen molar-refractivity contribution in [1.29, 1.82) is 0 Å². The van der Waals surface area contributed by atoms with E-state index in [1.807, 2.05) is 36.4 Å². The molecular formula is C18H18BrNO3. The number of carbonyl (C=O) groups is 1. The van der Waals surface area contributed by atoms with Gasteiger partial charge >= 0.3 is 0 Å². The van der Waals surface area contributed by atoms with E-state index in [2.05, 4.69) is 21.2 Å². The maximum absolute atomic E-state index is 12.5. The molecule has 0 spiro atoms. The van der Waals surface area contributed by atoms with E-state index in [0.717, 1.165) is 23.9 Å². The van der Waals surface area contributed by atoms with Gasteiger partial charge in [-0.3, -0.25) is 4.79 Å². The third kappa shape index (κ3) is 4.33. The molecule has 1 aliphatic heterocycles. The number of hydrogen-bond acceptors (Lipinski definition) is 3. The fraction of sp³-hybridized carbons (Fsp3) is 0.278. The molecule has 23 heavy (non-hydrogen) atoms. The summed E-state index contributed by atoms with van der Waals surface area (Å²) < 4.78 is 12.2. The SMILES string of the molecule is O=C(NC1CCCOC1)c1ccccc1Oc1cccc(Br)c1. The molecule has 1 amide bonds. The summed E-state index contributed by atoms with van der Waals surface area (Å²) in [6.45, 7) is 1.34. The largest absolute Gasteiger partial charge is 0.456 e. The van der Waals surface area contributed by atoms with Crippen molar-refractivity contribution in [2.24, 2.45) is 0 Å². The highest BCUT2D eigenvalue weighted by atomic mass is 79.9. The van der Waals surface area contributed by atoms with Crippen LogP contribution < -0.4 is 10.1 Å². The summed E-state index contributed by atoms with van der Waals surface area (Å²) >= 11 is 3.42. The van der Waals surface area contributed by atoms with Gasteiger partial charge in [0.1, 0.15) is 11.5 Å². The molecule has 1 atom stereocenters. The number of rotatable bonds is 4. The minimum absolute atomic E-state index is 0.0650. The molecule has 0 bridgehead atoms. The van der Waals surface area contributed by atoms with Crippen molar-refractivity contribution >= 4 is 21.8 Å². The highest BCUT2D eigenvalue weighted by Crippen LogP contribution is 2.27. The first-order chi connectivity index (χ1) is 11.2. The molecule has 4 nitrogen and oxygen atoms in total. The molecule has 0 aromatic heterocycles. The number of ether oxygens (including phenoxy) is 2. The number of halogens is 1. The lowest BCUT2D eigenvalue weighted by Gasteiger charge is -2.23. The van der Waals surface area contributed by atoms with Crippen LogP contribution in [0.15, 0.2) is 53.0 Å². The average Bonchev–Trinajstić information content (AvgIpc) is 2.56. The Bertz CT molecular complexity index is 683. The number of para-hydroxylation sites is 1. The Morgan fingerprint density at radius 3 is 2.87 bits per heavy atom. The van der Waals surface area contributed by atoms with Crippen molar-refractivity contribution in [3.63, 3.8) is 0 Å². The van der Waals surface area contributed by atoms with Gasteiger partial charge in [-0.05, 0) is 43.2 Å². The molecule has 1 saturated heterocycles. The topological polar surface area (TPSA) is 47.6 Å². The zero-order valence-corrected chi connectivity index (χ0v) is 14.2. The van der Waals surface area contributed by atoms with Crippen LogP contribution in [0.5, 0.6) is 11.5 Å². The van der Waals surface area contributed by atoms with Crippen LogP contribution in [0.25, 0.3) is 0 Å². The van der Waals surface area contributed by atoms with E-state index in [1.165, 1.54) is 0 Å². The first kappa shape index (κ1) is 16.0. The van der Waals surface area contributed by atoms with Crippen molar-refractivity contribution in [2.45, 2.75) is 18.9 Å². The second-order valence-corrected chi connectivity index (χ2v) is 6.36. The molecule has 1 aliphatic rings. The molecule has 5 heteroatoms. The van der Waals surface area contributed by atoms with Gasteiger partial charge in [0.05, 0.1) is 18.2 Å². The smallest absolute Gasteiger partial charge is 0.255 e. The van der Waals surface area contributed by atoms with E-state index < -0.39 is 0 Å². The zero-order chi connectivity index (χ0) is 16.1. The fourth-order valence-corrected chi connectivity index (χ4v) is 2.90. The maximum atomic E-state index is 12.5. The molecule has 1 N–H and O–H groups in total. The third-order valence-corrected chi connectivity index (χ3v) is 4.14. The van der Waals surface area contributed by atoms with Crippen molar-refractivity contribution in [3.05, 3.63) is 58.6 Å². The van der Waals surface area contributed by atoms with E-state index in [1.54, 1.807) is 12.1 Å². The number of amides is 1. The summed E-state index contributed by atoms with van der Waals surface area (Å²) in [5.74, 6) is 1.09. The number of carbonyl (C=O) groups excluding carboxylic acids is 1. The lowest BCUT2D eigenvalue weighted by atomic mass is 10.1. The Balaban J connectivity index is 1.75. The molecule has 1 heterocycles. The molecule has 120 valence electrons. The minimum atomic E-state index is -0.133. The van der Waals surface area contributed by atoms with Crippen molar-refractivity contribution in [3.8, 4) is 11.5 Å². The van der Waals surface area contributed by atoms with Crippen LogP contribution in [0, 0.1) is 0 Å². The van der Waals surface area contributed by atoms with Gasteiger partial charge in [-0.2, -0.15) is 0 Å². The van der Waals surface area contributed by atoms with Gasteiger partial charge in [-0.1, -0.05) is 34.1 Å². The predicted molar refractivity (Wildman–Crippen MR) is 92.0 cm³/mol. The molecular weight excluding hydrogens is 358 g/mol. The summed E-state index contributed by atoms with van der Waals surface area (Å²) in [6.07, 6.45) is 1.92. The molecule has 1 fully saturated rings. The Hall–Kier alpha value is -1.85. The molecule has 3 rings (SSSR count). The second kappa shape index (κ2) is 7.62. The highest BCUT2D eigenvalue weighted by Gasteiger charge is 2.19. The van der Waals surface area contributed by atoms with Gasteiger partial charge in [-0.25, -0.2) is 0 Å². The Labute approximate surface area is 143 Å². The summed E-state index contributed by atoms with van der Waals surface area (Å²) in [6, 6.07) is 14.9. The lowest BCUT2D eigenvalue weighted by molar-refractivity contribution is 0.0623. The second-order valence-electron chi connectivity index (χ2n) is 5.44. The monoisotopic (exact) mass is 375 g/mol. The van der Waals surface area contributed by atoms with Crippen molar-refractivity contribution in [2.75, 3.05) is 13.2 Å². The molecule has 0 radical (unpaired) electrons. The predicted octanol–water partition coefficient (Wildman–Crippen LogP) is 4.15. The Morgan fingerprint density at radius 2 is 2.09 bits per heavy atom. The zero-order valence-electron chi connectivity index (χ0n) is 12.6. The van der Waals surface area contributed by atoms with Gasteiger partial charge in [0.15, 0.2) is 0 Å². The molecule has 0 saturated carbocycles. The van der Waals surface area contributed by atoms with E-state index in [0.29, 0.717) is 23.7 Å². The lowest BCUT2D eigenvalue weighted by Crippen LogP contribution is -2.40. The Morgan fingerprint density at radius 1 is 1.22 bits per heavy atom. The summed E-state index contributed by atoms with van der Waals surface area (Å²) in [7, 11) is 0. The van der Waals surface area contributed by atoms with Crippen LogP contribution in [-0.2, 0) is 4.74 Å². The molecule has 1 unspecified atom stereocenters. The average molecular weight is 376 g/mol. The Kier molecular flexibility index (Phi) is 5.31. The fourth-order valence-electron chi connectivity index (χ4n) is 2.52. The minimum Gasteiger partial charge on any atom is -0.456 e. The van der Waals surface area contributed by atoms with E-state index in [4.69, 9.17) is 9.47 Å². The van der Waals surface area contributed by atoms with Gasteiger partial charge in [0.25, 0.3) is 5.91 Å². The highest BCUT2D eigenvalue weighted by molar-refractivity contribution is 9.10. The summed E-state index contributed by atoms with van der Waals surface area (Å²) in [5.41, 5.74) is 0.526. The van der Waals surface area contributed by atoms with E-state index in [9.17, 15) is 4.79 Å².